The molecule has 1 heterocycles. The summed E-state index contributed by atoms with van der Waals surface area (Å²) >= 11 is 0. The van der Waals surface area contributed by atoms with Crippen LogP contribution in [0.25, 0.3) is 6.08 Å². The lowest BCUT2D eigenvalue weighted by Gasteiger charge is -2.16. The molecule has 0 spiro atoms. The summed E-state index contributed by atoms with van der Waals surface area (Å²) in [6, 6.07) is 5.68. The monoisotopic (exact) mass is 233 g/mol. The smallest absolute Gasteiger partial charge is 0.303 e. The van der Waals surface area contributed by atoms with Crippen molar-refractivity contribution in [2.24, 2.45) is 4.99 Å². The van der Waals surface area contributed by atoms with Crippen molar-refractivity contribution < 1.29 is 14.6 Å². The minimum atomic E-state index is -0.789. The summed E-state index contributed by atoms with van der Waals surface area (Å²) in [7, 11) is 1.62. The molecule has 0 fully saturated rings. The van der Waals surface area contributed by atoms with Gasteiger partial charge >= 0.3 is 5.97 Å². The van der Waals surface area contributed by atoms with Gasteiger partial charge in [-0.3, -0.25) is 9.79 Å². The van der Waals surface area contributed by atoms with Gasteiger partial charge in [-0.15, -0.1) is 0 Å². The lowest BCUT2D eigenvalue weighted by Crippen LogP contribution is -2.20. The number of benzene rings is 1. The number of rotatable bonds is 4. The summed E-state index contributed by atoms with van der Waals surface area (Å²) in [4.78, 5) is 15.2. The van der Waals surface area contributed by atoms with Crippen LogP contribution in [0.3, 0.4) is 0 Å². The first-order chi connectivity index (χ1) is 8.02. The van der Waals surface area contributed by atoms with Crippen molar-refractivity contribution in [3.8, 4) is 5.75 Å². The van der Waals surface area contributed by atoms with Crippen molar-refractivity contribution in [3.63, 3.8) is 0 Å². The first-order valence-corrected chi connectivity index (χ1v) is 5.51. The zero-order valence-electron chi connectivity index (χ0n) is 9.93. The van der Waals surface area contributed by atoms with Gasteiger partial charge in [0.2, 0.25) is 0 Å². The van der Waals surface area contributed by atoms with E-state index in [9.17, 15) is 4.79 Å². The van der Waals surface area contributed by atoms with E-state index in [0.29, 0.717) is 6.42 Å². The molecular formula is C13H15NO3. The number of methoxy groups -OCH3 is 1. The van der Waals surface area contributed by atoms with Crippen LogP contribution < -0.4 is 15.3 Å². The highest BCUT2D eigenvalue weighted by molar-refractivity contribution is 5.67. The number of nitrogens with zero attached hydrogens (tertiary/aromatic N) is 1. The number of ether oxygens (including phenoxy) is 1. The highest BCUT2D eigenvalue weighted by atomic mass is 16.5. The van der Waals surface area contributed by atoms with E-state index in [1.54, 1.807) is 7.11 Å². The van der Waals surface area contributed by atoms with E-state index in [2.05, 4.69) is 4.99 Å². The van der Waals surface area contributed by atoms with Crippen LogP contribution in [-0.4, -0.2) is 23.7 Å². The van der Waals surface area contributed by atoms with Crippen LogP contribution in [0, 0.1) is 0 Å². The fraction of sp³-hybridized carbons (Fsp3) is 0.385. The standard InChI is InChI=1S/C13H15NO3/c1-13(6-5-12(15)16)8-9-7-10(17-2)3-4-11(9)14-13/h3-4,7-8H,5-6H2,1-2H3,(H,15,16). The zero-order valence-corrected chi connectivity index (χ0v) is 9.93. The number of carboxylic acids is 1. The van der Waals surface area contributed by atoms with Gasteiger partial charge in [-0.1, -0.05) is 0 Å². The number of carbonyl (C=O) groups is 1. The molecular weight excluding hydrogens is 218 g/mol. The first kappa shape index (κ1) is 11.6. The van der Waals surface area contributed by atoms with E-state index in [-0.39, 0.29) is 6.42 Å². The van der Waals surface area contributed by atoms with Crippen LogP contribution in [0.1, 0.15) is 19.8 Å². The Labute approximate surface area is 99.3 Å². The van der Waals surface area contributed by atoms with Crippen molar-refractivity contribution in [2.45, 2.75) is 25.3 Å². The van der Waals surface area contributed by atoms with Crippen LogP contribution in [0.15, 0.2) is 23.2 Å². The molecule has 1 aliphatic heterocycles. The quantitative estimate of drug-likeness (QED) is 0.834. The van der Waals surface area contributed by atoms with Crippen molar-refractivity contribution in [1.82, 2.24) is 0 Å². The molecule has 0 bridgehead atoms. The lowest BCUT2D eigenvalue weighted by atomic mass is 9.97. The molecule has 1 N–H and O–H groups in total. The van der Waals surface area contributed by atoms with Gasteiger partial charge in [0.05, 0.1) is 18.0 Å². The summed E-state index contributed by atoms with van der Waals surface area (Å²) in [5, 5.41) is 10.6. The Kier molecular flexibility index (Phi) is 2.88. The van der Waals surface area contributed by atoms with Crippen molar-refractivity contribution in [3.05, 3.63) is 28.8 Å². The topological polar surface area (TPSA) is 58.9 Å². The van der Waals surface area contributed by atoms with Crippen LogP contribution >= 0.6 is 0 Å². The highest BCUT2D eigenvalue weighted by Gasteiger charge is 2.24. The summed E-state index contributed by atoms with van der Waals surface area (Å²) in [6.45, 7) is 1.95. The molecule has 0 saturated heterocycles. The minimum Gasteiger partial charge on any atom is -0.497 e. The molecule has 1 aromatic carbocycles. The SMILES string of the molecule is COc1ccc2c(c1)=CC(C)(CCC(=O)O)N=2. The molecule has 90 valence electrons. The molecule has 0 amide bonds. The average Bonchev–Trinajstić information content (AvgIpc) is 2.62. The third-order valence-electron chi connectivity index (χ3n) is 2.92. The second-order valence-corrected chi connectivity index (χ2v) is 4.43. The van der Waals surface area contributed by atoms with Gasteiger partial charge in [0, 0.05) is 11.6 Å². The molecule has 0 aromatic heterocycles. The van der Waals surface area contributed by atoms with E-state index < -0.39 is 11.5 Å². The van der Waals surface area contributed by atoms with Gasteiger partial charge in [0.25, 0.3) is 0 Å². The van der Waals surface area contributed by atoms with Crippen molar-refractivity contribution >= 4 is 12.0 Å². The molecule has 1 aliphatic rings. The van der Waals surface area contributed by atoms with Gasteiger partial charge in [-0.2, -0.15) is 0 Å². The second-order valence-electron chi connectivity index (χ2n) is 4.43. The normalized spacial score (nSPS) is 21.3. The maximum atomic E-state index is 10.6. The summed E-state index contributed by atoms with van der Waals surface area (Å²) in [6.07, 6.45) is 2.65. The Morgan fingerprint density at radius 2 is 2.29 bits per heavy atom. The Bertz CT molecular complexity index is 565. The number of aliphatic carboxylic acids is 1. The summed E-state index contributed by atoms with van der Waals surface area (Å²) in [5.41, 5.74) is -0.410. The Balaban J connectivity index is 2.32. The van der Waals surface area contributed by atoms with Crippen molar-refractivity contribution in [1.29, 1.82) is 0 Å². The van der Waals surface area contributed by atoms with Gasteiger partial charge in [-0.25, -0.2) is 0 Å². The molecule has 1 unspecified atom stereocenters. The van der Waals surface area contributed by atoms with E-state index in [1.807, 2.05) is 31.2 Å². The minimum absolute atomic E-state index is 0.127. The number of hydrogen-bond donors (Lipinski definition) is 1. The van der Waals surface area contributed by atoms with Crippen LogP contribution in [0.4, 0.5) is 0 Å². The maximum absolute atomic E-state index is 10.6. The predicted molar refractivity (Wildman–Crippen MR) is 63.5 cm³/mol. The Morgan fingerprint density at radius 3 is 2.94 bits per heavy atom. The molecule has 2 rings (SSSR count). The van der Waals surface area contributed by atoms with E-state index in [1.165, 1.54) is 0 Å². The molecule has 17 heavy (non-hydrogen) atoms. The molecule has 1 atom stereocenters. The molecule has 0 saturated carbocycles. The Hall–Kier alpha value is -1.84. The first-order valence-electron chi connectivity index (χ1n) is 5.51. The zero-order chi connectivity index (χ0) is 12.5. The van der Waals surface area contributed by atoms with Crippen LogP contribution in [0.5, 0.6) is 5.75 Å². The number of fused-ring (bicyclic) bond motifs is 1. The number of carboxylic acid groups (broad SMARTS) is 1. The number of hydrogen-bond acceptors (Lipinski definition) is 3. The van der Waals surface area contributed by atoms with Gasteiger partial charge in [0.15, 0.2) is 0 Å². The van der Waals surface area contributed by atoms with Crippen molar-refractivity contribution in [2.75, 3.05) is 7.11 Å². The third kappa shape index (κ3) is 2.46. The fourth-order valence-electron chi connectivity index (χ4n) is 2.01. The fourth-order valence-corrected chi connectivity index (χ4v) is 2.01. The summed E-state index contributed by atoms with van der Waals surface area (Å²) in [5.74, 6) is 0.000969. The van der Waals surface area contributed by atoms with Gasteiger partial charge < -0.3 is 9.84 Å². The predicted octanol–water partition coefficient (Wildman–Crippen LogP) is 0.732. The van der Waals surface area contributed by atoms with Crippen LogP contribution in [0.2, 0.25) is 0 Å². The Morgan fingerprint density at radius 1 is 1.53 bits per heavy atom. The van der Waals surface area contributed by atoms with Gasteiger partial charge in [-0.05, 0) is 37.6 Å². The summed E-state index contributed by atoms with van der Waals surface area (Å²) < 4.78 is 5.15. The highest BCUT2D eigenvalue weighted by Crippen LogP contribution is 2.21. The van der Waals surface area contributed by atoms with Crippen LogP contribution in [-0.2, 0) is 4.79 Å². The van der Waals surface area contributed by atoms with E-state index in [0.717, 1.165) is 16.3 Å². The van der Waals surface area contributed by atoms with E-state index in [4.69, 9.17) is 9.84 Å². The maximum Gasteiger partial charge on any atom is 0.303 e. The van der Waals surface area contributed by atoms with E-state index >= 15 is 0 Å². The van der Waals surface area contributed by atoms with Gasteiger partial charge in [0.1, 0.15) is 5.75 Å². The molecule has 4 heteroatoms. The molecule has 0 aliphatic carbocycles. The molecule has 4 nitrogen and oxygen atoms in total. The lowest BCUT2D eigenvalue weighted by molar-refractivity contribution is -0.137. The molecule has 1 aromatic rings. The third-order valence-corrected chi connectivity index (χ3v) is 2.92. The molecule has 0 radical (unpaired) electrons. The average molecular weight is 233 g/mol. The second kappa shape index (κ2) is 4.20. The largest absolute Gasteiger partial charge is 0.497 e.